The molecule has 3 N–H and O–H groups in total. The highest BCUT2D eigenvalue weighted by molar-refractivity contribution is 7.10. The zero-order valence-corrected chi connectivity index (χ0v) is 26.2. The van der Waals surface area contributed by atoms with Crippen LogP contribution in [0.1, 0.15) is 89.1 Å². The van der Waals surface area contributed by atoms with E-state index in [4.69, 9.17) is 14.7 Å². The maximum absolute atomic E-state index is 10.7. The first kappa shape index (κ1) is 36.3. The van der Waals surface area contributed by atoms with E-state index < -0.39 is 24.4 Å². The highest BCUT2D eigenvalue weighted by Crippen LogP contribution is 2.29. The number of rotatable bonds is 6. The number of esters is 2. The predicted molar refractivity (Wildman–Crippen MR) is 157 cm³/mol. The molecule has 0 bridgehead atoms. The molecule has 2 aromatic carbocycles. The molecule has 0 amide bonds. The van der Waals surface area contributed by atoms with E-state index in [2.05, 4.69) is 64.8 Å². The number of aliphatic hydroxyl groups is 2. The summed E-state index contributed by atoms with van der Waals surface area (Å²) in [7, 11) is 2.29. The topological polar surface area (TPSA) is 123 Å². The molecule has 0 heterocycles. The van der Waals surface area contributed by atoms with Crippen molar-refractivity contribution in [2.24, 2.45) is 10.8 Å². The molecule has 0 aromatic heterocycles. The third kappa shape index (κ3) is 13.3. The average Bonchev–Trinajstić information content (AvgIpc) is 2.82. The Morgan fingerprint density at radius 2 is 1.28 bits per heavy atom. The average molecular weight is 567 g/mol. The van der Waals surface area contributed by atoms with Crippen molar-refractivity contribution >= 4 is 21.4 Å². The molecule has 1 unspecified atom stereocenters. The lowest BCUT2D eigenvalue weighted by Crippen LogP contribution is -2.23. The van der Waals surface area contributed by atoms with E-state index in [9.17, 15) is 14.7 Å². The van der Waals surface area contributed by atoms with Crippen LogP contribution in [0.15, 0.2) is 30.3 Å². The van der Waals surface area contributed by atoms with Gasteiger partial charge in [0, 0.05) is 0 Å². The van der Waals surface area contributed by atoms with Gasteiger partial charge in [0.05, 0.1) is 20.3 Å². The molecule has 0 spiro atoms. The normalized spacial score (nSPS) is 11.0. The lowest BCUT2D eigenvalue weighted by atomic mass is 9.93. The summed E-state index contributed by atoms with van der Waals surface area (Å²) in [5, 5.41) is 26.2. The first-order valence-electron chi connectivity index (χ1n) is 12.7. The maximum atomic E-state index is 10.7. The van der Waals surface area contributed by atoms with Crippen LogP contribution in [0.5, 0.6) is 11.5 Å². The van der Waals surface area contributed by atoms with Crippen LogP contribution in [0.25, 0.3) is 0 Å². The fourth-order valence-corrected chi connectivity index (χ4v) is 3.37. The Hall–Kier alpha value is -2.67. The Bertz CT molecular complexity index is 1010. The molecule has 0 radical (unpaired) electrons. The van der Waals surface area contributed by atoms with Gasteiger partial charge in [0.15, 0.2) is 13.6 Å². The molecule has 1 atom stereocenters. The van der Waals surface area contributed by atoms with Gasteiger partial charge in [-0.05, 0) is 114 Å². The van der Waals surface area contributed by atoms with Crippen LogP contribution >= 0.6 is 9.47 Å². The van der Waals surface area contributed by atoms with E-state index in [1.807, 2.05) is 6.07 Å². The quantitative estimate of drug-likeness (QED) is 0.223. The molecule has 0 aliphatic carbocycles. The van der Waals surface area contributed by atoms with Crippen LogP contribution in [-0.2, 0) is 25.5 Å². The minimum atomic E-state index is -0.532. The number of carbonyl (C=O) groups excluding carboxylic acids is 2. The predicted octanol–water partition coefficient (Wildman–Crippen LogP) is 5.94. The fourth-order valence-electron chi connectivity index (χ4n) is 3.23. The van der Waals surface area contributed by atoms with Gasteiger partial charge >= 0.3 is 11.9 Å². The number of aliphatic hydroxyl groups excluding tert-OH is 2. The van der Waals surface area contributed by atoms with Gasteiger partial charge in [-0.2, -0.15) is 0 Å². The monoisotopic (exact) mass is 566 g/mol. The van der Waals surface area contributed by atoms with Crippen LogP contribution in [-0.4, -0.2) is 40.8 Å². The zero-order valence-electron chi connectivity index (χ0n) is 25.0. The molecule has 0 saturated carbocycles. The van der Waals surface area contributed by atoms with Gasteiger partial charge in [0.1, 0.15) is 11.5 Å². The maximum Gasteiger partial charge on any atom is 0.313 e. The number of phenols is 1. The number of ether oxygens (including phenoxy) is 2. The number of hydrogen-bond acceptors (Lipinski definition) is 8. The minimum Gasteiger partial charge on any atom is -0.508 e. The SMILES string of the molecule is CC(C)(C)C(=O)OCO.CC(C)(C)C(=O)OCO.Cc1cc(OP)cc(C)c1Cc1ccc(O)c(C(C)C)c1. The fraction of sp³-hybridized carbons (Fsp3) is 0.533. The van der Waals surface area contributed by atoms with E-state index >= 15 is 0 Å². The van der Waals surface area contributed by atoms with Crippen molar-refractivity contribution in [2.45, 2.75) is 81.6 Å². The van der Waals surface area contributed by atoms with E-state index in [-0.39, 0.29) is 11.9 Å². The Morgan fingerprint density at radius 3 is 1.59 bits per heavy atom. The summed E-state index contributed by atoms with van der Waals surface area (Å²) >= 11 is 0. The Balaban J connectivity index is 0.000000667. The number of phenolic OH excluding ortho intramolecular Hbond substituents is 1. The summed E-state index contributed by atoms with van der Waals surface area (Å²) in [5.74, 6) is 0.802. The highest BCUT2D eigenvalue weighted by Gasteiger charge is 2.23. The summed E-state index contributed by atoms with van der Waals surface area (Å²) in [6.07, 6.45) is 0.870. The molecule has 0 aliphatic rings. The van der Waals surface area contributed by atoms with Gasteiger partial charge in [-0.25, -0.2) is 0 Å². The van der Waals surface area contributed by atoms with Crippen molar-refractivity contribution in [1.29, 1.82) is 0 Å². The first-order valence-corrected chi connectivity index (χ1v) is 13.2. The van der Waals surface area contributed by atoms with Crippen molar-refractivity contribution in [3.05, 3.63) is 58.1 Å². The number of carbonyl (C=O) groups is 2. The summed E-state index contributed by atoms with van der Waals surface area (Å²) in [5.41, 5.74) is 4.99. The van der Waals surface area contributed by atoms with Crippen molar-refractivity contribution in [2.75, 3.05) is 13.6 Å². The van der Waals surface area contributed by atoms with Gasteiger partial charge in [0.25, 0.3) is 0 Å². The number of aromatic hydroxyl groups is 1. The number of hydrogen-bond donors (Lipinski definition) is 3. The van der Waals surface area contributed by atoms with Crippen LogP contribution in [0, 0.1) is 24.7 Å². The molecule has 39 heavy (non-hydrogen) atoms. The first-order chi connectivity index (χ1) is 17.9. The smallest absolute Gasteiger partial charge is 0.313 e. The molecule has 0 saturated heterocycles. The molecule has 0 aliphatic heterocycles. The number of aryl methyl sites for hydroxylation is 2. The largest absolute Gasteiger partial charge is 0.508 e. The number of benzene rings is 2. The Kier molecular flexibility index (Phi) is 15.3. The van der Waals surface area contributed by atoms with E-state index in [1.54, 1.807) is 47.6 Å². The third-order valence-electron chi connectivity index (χ3n) is 5.52. The van der Waals surface area contributed by atoms with E-state index in [0.717, 1.165) is 17.7 Å². The molecule has 2 aromatic rings. The Morgan fingerprint density at radius 1 is 0.846 bits per heavy atom. The zero-order chi connectivity index (χ0) is 30.6. The van der Waals surface area contributed by atoms with Crippen molar-refractivity contribution < 1.29 is 38.9 Å². The van der Waals surface area contributed by atoms with E-state index in [1.165, 1.54) is 22.3 Å². The van der Waals surface area contributed by atoms with Crippen molar-refractivity contribution in [1.82, 2.24) is 0 Å². The molecule has 220 valence electrons. The second-order valence-electron chi connectivity index (χ2n) is 11.5. The van der Waals surface area contributed by atoms with Crippen LogP contribution in [0.4, 0.5) is 0 Å². The standard InChI is InChI=1S/C18H23O2P.2C6H12O3/c1-11(2)16-9-14(5-6-18(16)19)10-17-12(3)7-15(20-21)8-13(17)4;2*1-6(2,3)5(8)9-4-7/h5-9,11,19H,10,21H2,1-4H3;2*7H,4H2,1-3H3. The van der Waals surface area contributed by atoms with Gasteiger partial charge in [-0.15, -0.1) is 0 Å². The summed E-state index contributed by atoms with van der Waals surface area (Å²) in [6.45, 7) is 17.7. The third-order valence-corrected chi connectivity index (χ3v) is 5.79. The molecular formula is C30H47O8P. The molecule has 0 fully saturated rings. The summed E-state index contributed by atoms with van der Waals surface area (Å²) < 4.78 is 13.9. The lowest BCUT2D eigenvalue weighted by Gasteiger charge is -2.14. The summed E-state index contributed by atoms with van der Waals surface area (Å²) in [4.78, 5) is 21.4. The highest BCUT2D eigenvalue weighted by atomic mass is 31.0. The van der Waals surface area contributed by atoms with Crippen LogP contribution < -0.4 is 4.52 Å². The second-order valence-corrected chi connectivity index (χ2v) is 11.7. The Labute approximate surface area is 236 Å². The molecule has 9 heteroatoms. The van der Waals surface area contributed by atoms with Gasteiger partial charge in [-0.3, -0.25) is 9.59 Å². The molecule has 8 nitrogen and oxygen atoms in total. The van der Waals surface area contributed by atoms with Gasteiger partial charge in [0.2, 0.25) is 0 Å². The molecule has 2 rings (SSSR count). The lowest BCUT2D eigenvalue weighted by molar-refractivity contribution is -0.162. The minimum absolute atomic E-state index is 0.319. The van der Waals surface area contributed by atoms with Crippen LogP contribution in [0.3, 0.4) is 0 Å². The summed E-state index contributed by atoms with van der Waals surface area (Å²) in [6, 6.07) is 10.0. The van der Waals surface area contributed by atoms with Gasteiger partial charge < -0.3 is 29.3 Å². The molecular weight excluding hydrogens is 519 g/mol. The second kappa shape index (κ2) is 16.4. The van der Waals surface area contributed by atoms with Crippen molar-refractivity contribution in [3.8, 4) is 11.5 Å². The van der Waals surface area contributed by atoms with Crippen molar-refractivity contribution in [3.63, 3.8) is 0 Å². The van der Waals surface area contributed by atoms with Gasteiger partial charge in [-0.1, -0.05) is 26.0 Å². The van der Waals surface area contributed by atoms with Crippen LogP contribution in [0.2, 0.25) is 0 Å². The van der Waals surface area contributed by atoms with E-state index in [0.29, 0.717) is 11.7 Å².